The fraction of sp³-hybridized carbons (Fsp3) is 0.667. The van der Waals surface area contributed by atoms with Gasteiger partial charge in [-0.3, -0.25) is 4.79 Å². The van der Waals surface area contributed by atoms with Crippen molar-refractivity contribution in [1.29, 1.82) is 0 Å². The average Bonchev–Trinajstić information content (AvgIpc) is 2.35. The van der Waals surface area contributed by atoms with Crippen LogP contribution in [0.4, 0.5) is 5.82 Å². The van der Waals surface area contributed by atoms with Gasteiger partial charge >= 0.3 is 0 Å². The summed E-state index contributed by atoms with van der Waals surface area (Å²) in [5.41, 5.74) is -0.0569. The highest BCUT2D eigenvalue weighted by Gasteiger charge is 2.15. The minimum absolute atomic E-state index is 0.0569. The Morgan fingerprint density at radius 3 is 2.59 bits per heavy atom. The number of H-pyrrole nitrogens is 1. The van der Waals surface area contributed by atoms with E-state index in [4.69, 9.17) is 0 Å². The van der Waals surface area contributed by atoms with Crippen molar-refractivity contribution < 1.29 is 0 Å². The van der Waals surface area contributed by atoms with Crippen LogP contribution in [0.25, 0.3) is 0 Å². The van der Waals surface area contributed by atoms with E-state index in [9.17, 15) is 4.79 Å². The highest BCUT2D eigenvalue weighted by atomic mass is 127. The molecule has 0 amide bonds. The van der Waals surface area contributed by atoms with Gasteiger partial charge in [0.2, 0.25) is 0 Å². The van der Waals surface area contributed by atoms with Gasteiger partial charge < -0.3 is 9.88 Å². The molecule has 0 aliphatic heterocycles. The zero-order valence-corrected chi connectivity index (χ0v) is 12.8. The fourth-order valence-electron chi connectivity index (χ4n) is 1.82. The molecule has 0 spiro atoms. The second-order valence-electron chi connectivity index (χ2n) is 4.09. The second-order valence-corrected chi connectivity index (χ2v) is 5.17. The van der Waals surface area contributed by atoms with Crippen LogP contribution in [0.1, 0.15) is 33.6 Å². The molecule has 17 heavy (non-hydrogen) atoms. The quantitative estimate of drug-likeness (QED) is 0.804. The molecule has 0 radical (unpaired) electrons. The summed E-state index contributed by atoms with van der Waals surface area (Å²) in [5, 5.41) is 0. The summed E-state index contributed by atoms with van der Waals surface area (Å²) in [7, 11) is 0. The number of anilines is 1. The van der Waals surface area contributed by atoms with Crippen LogP contribution in [-0.4, -0.2) is 23.1 Å². The van der Waals surface area contributed by atoms with Gasteiger partial charge in [-0.25, -0.2) is 4.98 Å². The monoisotopic (exact) mass is 349 g/mol. The molecule has 4 nitrogen and oxygen atoms in total. The molecule has 0 saturated heterocycles. The van der Waals surface area contributed by atoms with Crippen molar-refractivity contribution >= 4 is 28.4 Å². The van der Waals surface area contributed by atoms with Crippen molar-refractivity contribution in [3.63, 3.8) is 0 Å². The summed E-state index contributed by atoms with van der Waals surface area (Å²) < 4.78 is 0.679. The second kappa shape index (κ2) is 6.98. The number of halogens is 1. The number of nitrogens with zero attached hydrogens (tertiary/aromatic N) is 2. The van der Waals surface area contributed by atoms with E-state index in [1.807, 2.05) is 0 Å². The van der Waals surface area contributed by atoms with Gasteiger partial charge in [-0.15, -0.1) is 0 Å². The minimum Gasteiger partial charge on any atom is -0.356 e. The highest BCUT2D eigenvalue weighted by molar-refractivity contribution is 14.1. The first kappa shape index (κ1) is 14.5. The predicted molar refractivity (Wildman–Crippen MR) is 79.5 cm³/mol. The summed E-state index contributed by atoms with van der Waals surface area (Å²) >= 11 is 2.07. The Morgan fingerprint density at radius 1 is 1.41 bits per heavy atom. The van der Waals surface area contributed by atoms with E-state index < -0.39 is 0 Å². The Labute approximate surface area is 116 Å². The molecule has 0 saturated carbocycles. The van der Waals surface area contributed by atoms with E-state index in [0.717, 1.165) is 31.7 Å². The zero-order chi connectivity index (χ0) is 12.8. The first-order valence-corrected chi connectivity index (χ1v) is 7.19. The molecule has 0 unspecified atom stereocenters. The molecule has 0 aromatic carbocycles. The van der Waals surface area contributed by atoms with Crippen molar-refractivity contribution in [3.05, 3.63) is 20.3 Å². The van der Waals surface area contributed by atoms with E-state index in [-0.39, 0.29) is 5.56 Å². The summed E-state index contributed by atoms with van der Waals surface area (Å²) in [6.07, 6.45) is 3.80. The van der Waals surface area contributed by atoms with E-state index in [2.05, 4.69) is 58.2 Å². The number of rotatable bonds is 6. The lowest BCUT2D eigenvalue weighted by molar-refractivity contribution is 0.484. The molecular weight excluding hydrogens is 329 g/mol. The van der Waals surface area contributed by atoms with Crippen LogP contribution in [-0.2, 0) is 0 Å². The standard InChI is InChI=1S/C12H20IN3O/c1-4-9(5-2)7-16(6-3)11-10(13)12(17)15-8-14-11/h8-9H,4-7H2,1-3H3,(H,14,15,17). The van der Waals surface area contributed by atoms with Gasteiger partial charge in [0, 0.05) is 13.1 Å². The Hall–Kier alpha value is -0.590. The van der Waals surface area contributed by atoms with Crippen LogP contribution in [0.15, 0.2) is 11.1 Å². The van der Waals surface area contributed by atoms with Gasteiger partial charge in [-0.1, -0.05) is 26.7 Å². The number of nitrogens with one attached hydrogen (secondary N) is 1. The maximum Gasteiger partial charge on any atom is 0.266 e. The van der Waals surface area contributed by atoms with Crippen LogP contribution in [0, 0.1) is 9.49 Å². The van der Waals surface area contributed by atoms with Crippen molar-refractivity contribution in [1.82, 2.24) is 9.97 Å². The normalized spacial score (nSPS) is 10.9. The van der Waals surface area contributed by atoms with Gasteiger partial charge in [0.05, 0.1) is 6.33 Å². The molecule has 1 aromatic heterocycles. The summed E-state index contributed by atoms with van der Waals surface area (Å²) in [6.45, 7) is 8.36. The van der Waals surface area contributed by atoms with E-state index in [1.54, 1.807) is 0 Å². The third-order valence-corrected chi connectivity index (χ3v) is 4.07. The molecule has 0 aliphatic carbocycles. The Balaban J connectivity index is 2.93. The lowest BCUT2D eigenvalue weighted by Gasteiger charge is -2.26. The Bertz CT molecular complexity index is 401. The molecule has 96 valence electrons. The molecule has 0 bridgehead atoms. The van der Waals surface area contributed by atoms with Crippen LogP contribution in [0.2, 0.25) is 0 Å². The van der Waals surface area contributed by atoms with Gasteiger partial charge in [-0.2, -0.15) is 0 Å². The summed E-state index contributed by atoms with van der Waals surface area (Å²) in [5.74, 6) is 1.47. The van der Waals surface area contributed by atoms with Gasteiger partial charge in [0.25, 0.3) is 5.56 Å². The topological polar surface area (TPSA) is 49.0 Å². The molecule has 1 rings (SSSR count). The maximum atomic E-state index is 11.6. The molecule has 1 N–H and O–H groups in total. The van der Waals surface area contributed by atoms with Crippen LogP contribution >= 0.6 is 22.6 Å². The number of aromatic nitrogens is 2. The number of aromatic amines is 1. The van der Waals surface area contributed by atoms with Crippen LogP contribution < -0.4 is 10.5 Å². The number of hydrogen-bond acceptors (Lipinski definition) is 3. The predicted octanol–water partition coefficient (Wildman–Crippen LogP) is 2.64. The average molecular weight is 349 g/mol. The third-order valence-electron chi connectivity index (χ3n) is 3.09. The SMILES string of the molecule is CCC(CC)CN(CC)c1nc[nH]c(=O)c1I. The largest absolute Gasteiger partial charge is 0.356 e. The van der Waals surface area contributed by atoms with Crippen LogP contribution in [0.3, 0.4) is 0 Å². The van der Waals surface area contributed by atoms with E-state index >= 15 is 0 Å². The number of hydrogen-bond donors (Lipinski definition) is 1. The van der Waals surface area contributed by atoms with Crippen molar-refractivity contribution in [3.8, 4) is 0 Å². The van der Waals surface area contributed by atoms with E-state index in [1.165, 1.54) is 6.33 Å². The van der Waals surface area contributed by atoms with Crippen LogP contribution in [0.5, 0.6) is 0 Å². The lowest BCUT2D eigenvalue weighted by Crippen LogP contribution is -2.32. The molecule has 0 fully saturated rings. The lowest BCUT2D eigenvalue weighted by atomic mass is 10.0. The molecule has 5 heteroatoms. The fourth-order valence-corrected chi connectivity index (χ4v) is 2.45. The molecule has 0 aliphatic rings. The summed E-state index contributed by atoms with van der Waals surface area (Å²) in [4.78, 5) is 20.6. The minimum atomic E-state index is -0.0569. The molecule has 1 aromatic rings. The van der Waals surface area contributed by atoms with Crippen molar-refractivity contribution in [2.75, 3.05) is 18.0 Å². The van der Waals surface area contributed by atoms with Crippen molar-refractivity contribution in [2.45, 2.75) is 33.6 Å². The Kier molecular flexibility index (Phi) is 5.94. The highest BCUT2D eigenvalue weighted by Crippen LogP contribution is 2.18. The van der Waals surface area contributed by atoms with Gasteiger partial charge in [0.15, 0.2) is 0 Å². The first-order valence-electron chi connectivity index (χ1n) is 6.12. The molecular formula is C12H20IN3O. The van der Waals surface area contributed by atoms with Crippen molar-refractivity contribution in [2.24, 2.45) is 5.92 Å². The Morgan fingerprint density at radius 2 is 2.06 bits per heavy atom. The zero-order valence-electron chi connectivity index (χ0n) is 10.7. The summed E-state index contributed by atoms with van der Waals surface area (Å²) in [6, 6.07) is 0. The molecule has 1 heterocycles. The third kappa shape index (κ3) is 3.69. The maximum absolute atomic E-state index is 11.6. The van der Waals surface area contributed by atoms with Gasteiger partial charge in [0.1, 0.15) is 9.39 Å². The smallest absolute Gasteiger partial charge is 0.266 e. The molecule has 0 atom stereocenters. The van der Waals surface area contributed by atoms with Gasteiger partial charge in [-0.05, 0) is 35.4 Å². The van der Waals surface area contributed by atoms with E-state index in [0.29, 0.717) is 9.49 Å². The first-order chi connectivity index (χ1) is 8.13.